The van der Waals surface area contributed by atoms with Crippen molar-refractivity contribution in [2.75, 3.05) is 24.7 Å². The fourth-order valence-electron chi connectivity index (χ4n) is 1.58. The van der Waals surface area contributed by atoms with Crippen LogP contribution in [0, 0.1) is 5.82 Å². The molecule has 2 aromatic carbocycles. The third kappa shape index (κ3) is 3.09. The average molecular weight is 281 g/mol. The number of hydrogen-bond acceptors (Lipinski definition) is 3. The Bertz CT molecular complexity index is 602. The van der Waals surface area contributed by atoms with Crippen LogP contribution >= 0.6 is 11.6 Å². The van der Waals surface area contributed by atoms with Gasteiger partial charge in [-0.05, 0) is 18.2 Å². The summed E-state index contributed by atoms with van der Waals surface area (Å²) in [6.45, 7) is 0. The van der Waals surface area contributed by atoms with E-state index in [0.717, 1.165) is 5.69 Å². The van der Waals surface area contributed by atoms with E-state index in [1.165, 1.54) is 12.1 Å². The minimum Gasteiger partial charge on any atom is -0.455 e. The van der Waals surface area contributed by atoms with Gasteiger partial charge in [-0.3, -0.25) is 0 Å². The molecule has 3 nitrogen and oxygen atoms in total. The summed E-state index contributed by atoms with van der Waals surface area (Å²) < 4.78 is 19.0. The Balaban J connectivity index is 2.31. The molecule has 19 heavy (non-hydrogen) atoms. The number of nitrogens with zero attached hydrogens (tertiary/aromatic N) is 1. The molecule has 0 fully saturated rings. The normalized spacial score (nSPS) is 10.3. The molecule has 0 heterocycles. The first-order chi connectivity index (χ1) is 8.97. The van der Waals surface area contributed by atoms with E-state index in [4.69, 9.17) is 22.1 Å². The minimum atomic E-state index is -0.561. The summed E-state index contributed by atoms with van der Waals surface area (Å²) in [6.07, 6.45) is 0. The Morgan fingerprint density at radius 3 is 2.63 bits per heavy atom. The first kappa shape index (κ1) is 13.5. The van der Waals surface area contributed by atoms with Gasteiger partial charge >= 0.3 is 0 Å². The lowest BCUT2D eigenvalue weighted by Crippen LogP contribution is -2.08. The highest BCUT2D eigenvalue weighted by Gasteiger charge is 2.09. The topological polar surface area (TPSA) is 38.5 Å². The zero-order valence-corrected chi connectivity index (χ0v) is 11.4. The number of rotatable bonds is 3. The summed E-state index contributed by atoms with van der Waals surface area (Å²) in [5.41, 5.74) is 7.02. The molecule has 0 spiro atoms. The predicted octanol–water partition coefficient (Wildman–Crippen LogP) is 3.92. The van der Waals surface area contributed by atoms with Gasteiger partial charge in [-0.25, -0.2) is 4.39 Å². The van der Waals surface area contributed by atoms with Crippen molar-refractivity contribution in [3.05, 3.63) is 47.2 Å². The maximum Gasteiger partial charge on any atom is 0.153 e. The molecule has 2 aromatic rings. The monoisotopic (exact) mass is 280 g/mol. The molecule has 0 radical (unpaired) electrons. The third-order valence-electron chi connectivity index (χ3n) is 2.61. The number of benzene rings is 2. The lowest BCUT2D eigenvalue weighted by atomic mass is 10.2. The van der Waals surface area contributed by atoms with Crippen molar-refractivity contribution < 1.29 is 9.13 Å². The van der Waals surface area contributed by atoms with Crippen LogP contribution in [0.15, 0.2) is 36.4 Å². The summed E-state index contributed by atoms with van der Waals surface area (Å²) in [5.74, 6) is 0.270. The maximum absolute atomic E-state index is 13.4. The number of ether oxygens (including phenoxy) is 1. The van der Waals surface area contributed by atoms with Crippen molar-refractivity contribution in [2.24, 2.45) is 0 Å². The van der Waals surface area contributed by atoms with Gasteiger partial charge in [0, 0.05) is 31.9 Å². The molecule has 0 unspecified atom stereocenters. The highest BCUT2D eigenvalue weighted by molar-refractivity contribution is 6.31. The van der Waals surface area contributed by atoms with E-state index in [-0.39, 0.29) is 10.8 Å². The molecular weight excluding hydrogens is 267 g/mol. The van der Waals surface area contributed by atoms with Crippen LogP contribution in [-0.4, -0.2) is 14.1 Å². The molecule has 2 N–H and O–H groups in total. The van der Waals surface area contributed by atoms with E-state index in [9.17, 15) is 4.39 Å². The number of nitrogen functional groups attached to an aromatic ring is 1. The molecule has 0 aliphatic rings. The lowest BCUT2D eigenvalue weighted by Gasteiger charge is -2.14. The second kappa shape index (κ2) is 5.36. The van der Waals surface area contributed by atoms with Gasteiger partial charge in [0.05, 0.1) is 10.7 Å². The number of halogens is 2. The smallest absolute Gasteiger partial charge is 0.153 e. The van der Waals surface area contributed by atoms with Crippen LogP contribution in [0.4, 0.5) is 15.8 Å². The number of nitrogens with two attached hydrogens (primary N) is 1. The van der Waals surface area contributed by atoms with E-state index >= 15 is 0 Å². The Morgan fingerprint density at radius 1 is 1.21 bits per heavy atom. The van der Waals surface area contributed by atoms with Gasteiger partial charge in [-0.15, -0.1) is 0 Å². The van der Waals surface area contributed by atoms with Crippen molar-refractivity contribution in [3.8, 4) is 11.5 Å². The molecule has 0 aromatic heterocycles. The van der Waals surface area contributed by atoms with E-state index in [1.807, 2.05) is 37.2 Å². The summed E-state index contributed by atoms with van der Waals surface area (Å²) in [5, 5.41) is -0.0214. The standard InChI is InChI=1S/C14H14ClFN2O/c1-18(2)9-4-3-5-10(6-9)19-14-8-12(16)11(15)7-13(14)17/h3-8H,17H2,1-2H3. The van der Waals surface area contributed by atoms with Gasteiger partial charge in [0.1, 0.15) is 11.6 Å². The average Bonchev–Trinajstić information content (AvgIpc) is 2.36. The largest absolute Gasteiger partial charge is 0.455 e. The second-order valence-electron chi connectivity index (χ2n) is 4.30. The summed E-state index contributed by atoms with van der Waals surface area (Å²) >= 11 is 5.64. The van der Waals surface area contributed by atoms with Gasteiger partial charge in [0.2, 0.25) is 0 Å². The third-order valence-corrected chi connectivity index (χ3v) is 2.90. The van der Waals surface area contributed by atoms with Crippen molar-refractivity contribution in [1.29, 1.82) is 0 Å². The number of anilines is 2. The Labute approximate surface area is 116 Å². The quantitative estimate of drug-likeness (QED) is 0.866. The van der Waals surface area contributed by atoms with Gasteiger partial charge in [-0.1, -0.05) is 17.7 Å². The zero-order chi connectivity index (χ0) is 14.0. The van der Waals surface area contributed by atoms with E-state index in [2.05, 4.69) is 0 Å². The highest BCUT2D eigenvalue weighted by atomic mass is 35.5. The SMILES string of the molecule is CN(C)c1cccc(Oc2cc(F)c(Cl)cc2N)c1. The van der Waals surface area contributed by atoms with Crippen LogP contribution in [0.5, 0.6) is 11.5 Å². The van der Waals surface area contributed by atoms with Crippen LogP contribution in [-0.2, 0) is 0 Å². The van der Waals surface area contributed by atoms with Crippen LogP contribution in [0.1, 0.15) is 0 Å². The molecular formula is C14H14ClFN2O. The fourth-order valence-corrected chi connectivity index (χ4v) is 1.76. The fraction of sp³-hybridized carbons (Fsp3) is 0.143. The summed E-state index contributed by atoms with van der Waals surface area (Å²) in [4.78, 5) is 1.94. The van der Waals surface area contributed by atoms with Crippen LogP contribution in [0.2, 0.25) is 5.02 Å². The van der Waals surface area contributed by atoms with Crippen LogP contribution < -0.4 is 15.4 Å². The van der Waals surface area contributed by atoms with Gasteiger partial charge in [0.15, 0.2) is 5.75 Å². The van der Waals surface area contributed by atoms with Gasteiger partial charge < -0.3 is 15.4 Å². The Hall–Kier alpha value is -1.94. The predicted molar refractivity (Wildman–Crippen MR) is 76.7 cm³/mol. The lowest BCUT2D eigenvalue weighted by molar-refractivity contribution is 0.479. The molecule has 0 amide bonds. The molecule has 2 rings (SSSR count). The highest BCUT2D eigenvalue weighted by Crippen LogP contribution is 2.32. The number of hydrogen-bond donors (Lipinski definition) is 1. The van der Waals surface area contributed by atoms with Crippen LogP contribution in [0.25, 0.3) is 0 Å². The Morgan fingerprint density at radius 2 is 1.95 bits per heavy atom. The first-order valence-electron chi connectivity index (χ1n) is 5.67. The molecule has 0 atom stereocenters. The second-order valence-corrected chi connectivity index (χ2v) is 4.71. The maximum atomic E-state index is 13.4. The van der Waals surface area contributed by atoms with E-state index < -0.39 is 5.82 Å². The zero-order valence-electron chi connectivity index (χ0n) is 10.7. The first-order valence-corrected chi connectivity index (χ1v) is 6.05. The molecule has 0 saturated carbocycles. The minimum absolute atomic E-state index is 0.0214. The van der Waals surface area contributed by atoms with Crippen LogP contribution in [0.3, 0.4) is 0 Å². The van der Waals surface area contributed by atoms with Crippen molar-refractivity contribution in [1.82, 2.24) is 0 Å². The molecule has 5 heteroatoms. The van der Waals surface area contributed by atoms with Gasteiger partial charge in [-0.2, -0.15) is 0 Å². The molecule has 0 bridgehead atoms. The summed E-state index contributed by atoms with van der Waals surface area (Å²) in [7, 11) is 3.85. The Kier molecular flexibility index (Phi) is 3.81. The molecule has 0 aliphatic carbocycles. The van der Waals surface area contributed by atoms with Crippen molar-refractivity contribution in [3.63, 3.8) is 0 Å². The van der Waals surface area contributed by atoms with Crippen molar-refractivity contribution in [2.45, 2.75) is 0 Å². The van der Waals surface area contributed by atoms with E-state index in [1.54, 1.807) is 6.07 Å². The van der Waals surface area contributed by atoms with Crippen molar-refractivity contribution >= 4 is 23.0 Å². The molecule has 0 aliphatic heterocycles. The molecule has 100 valence electrons. The van der Waals surface area contributed by atoms with Gasteiger partial charge in [0.25, 0.3) is 0 Å². The summed E-state index contributed by atoms with van der Waals surface area (Å²) in [6, 6.07) is 9.93. The molecule has 0 saturated heterocycles. The van der Waals surface area contributed by atoms with E-state index in [0.29, 0.717) is 11.4 Å².